The number of rotatable bonds is 6. The summed E-state index contributed by atoms with van der Waals surface area (Å²) in [6.07, 6.45) is 6.32. The van der Waals surface area contributed by atoms with Gasteiger partial charge >= 0.3 is 5.97 Å². The zero-order valence-electron chi connectivity index (χ0n) is 18.5. The van der Waals surface area contributed by atoms with E-state index in [9.17, 15) is 19.8 Å². The Kier molecular flexibility index (Phi) is 6.93. The van der Waals surface area contributed by atoms with E-state index in [0.717, 1.165) is 0 Å². The second kappa shape index (κ2) is 9.45. The lowest BCUT2D eigenvalue weighted by atomic mass is 9.84. The Morgan fingerprint density at radius 3 is 2.35 bits per heavy atom. The number of anilines is 1. The molecule has 1 saturated carbocycles. The fourth-order valence-electron chi connectivity index (χ4n) is 4.01. The zero-order valence-corrected chi connectivity index (χ0v) is 18.5. The molecule has 0 saturated heterocycles. The van der Waals surface area contributed by atoms with Gasteiger partial charge in [0.1, 0.15) is 11.2 Å². The van der Waals surface area contributed by atoms with Gasteiger partial charge in [0.2, 0.25) is 5.88 Å². The van der Waals surface area contributed by atoms with Gasteiger partial charge < -0.3 is 25.3 Å². The Bertz CT molecular complexity index is 919. The quantitative estimate of drug-likeness (QED) is 0.484. The average molecular weight is 429 g/mol. The fourth-order valence-corrected chi connectivity index (χ4v) is 4.01. The maximum absolute atomic E-state index is 12.6. The molecule has 0 unspecified atom stereocenters. The lowest BCUT2D eigenvalue weighted by molar-refractivity contribution is -0.154. The first-order valence-electron chi connectivity index (χ1n) is 10.9. The Hall–Kier alpha value is -2.96. The number of aromatic nitrogens is 1. The predicted molar refractivity (Wildman–Crippen MR) is 119 cm³/mol. The van der Waals surface area contributed by atoms with Gasteiger partial charge in [0, 0.05) is 12.1 Å². The molecule has 31 heavy (non-hydrogen) atoms. The fraction of sp³-hybridized carbons (Fsp3) is 0.500. The molecule has 1 aliphatic carbocycles. The van der Waals surface area contributed by atoms with Crippen LogP contribution in [-0.4, -0.2) is 32.7 Å². The molecule has 0 bridgehead atoms. The zero-order chi connectivity index (χ0) is 22.6. The third-order valence-corrected chi connectivity index (χ3v) is 5.50. The molecule has 1 heterocycles. The van der Waals surface area contributed by atoms with Crippen LogP contribution in [0.2, 0.25) is 0 Å². The number of ether oxygens (including phenoxy) is 1. The van der Waals surface area contributed by atoms with Crippen molar-refractivity contribution in [2.24, 2.45) is 0 Å². The third kappa shape index (κ3) is 6.03. The third-order valence-electron chi connectivity index (χ3n) is 5.50. The second-order valence-electron chi connectivity index (χ2n) is 9.17. The lowest BCUT2D eigenvalue weighted by Crippen LogP contribution is -2.24. The van der Waals surface area contributed by atoms with E-state index in [-0.39, 0.29) is 29.8 Å². The van der Waals surface area contributed by atoms with Crippen LogP contribution in [0.1, 0.15) is 86.8 Å². The summed E-state index contributed by atoms with van der Waals surface area (Å²) in [6, 6.07) is 7.72. The van der Waals surface area contributed by atoms with Crippen LogP contribution in [-0.2, 0) is 16.0 Å². The summed E-state index contributed by atoms with van der Waals surface area (Å²) >= 11 is 0. The van der Waals surface area contributed by atoms with Crippen LogP contribution in [0.5, 0.6) is 11.6 Å². The Balaban J connectivity index is 1.63. The van der Waals surface area contributed by atoms with Crippen LogP contribution >= 0.6 is 0 Å². The van der Waals surface area contributed by atoms with Crippen molar-refractivity contribution in [1.29, 1.82) is 0 Å². The summed E-state index contributed by atoms with van der Waals surface area (Å²) in [4.78, 5) is 27.1. The molecule has 0 aliphatic heterocycles. The number of benzene rings is 1. The van der Waals surface area contributed by atoms with E-state index in [0.29, 0.717) is 11.6 Å². The molecule has 1 amide bonds. The Morgan fingerprint density at radius 2 is 1.74 bits per heavy atom. The molecule has 1 aliphatic rings. The molecule has 1 fully saturated rings. The largest absolute Gasteiger partial charge is 0.505 e. The summed E-state index contributed by atoms with van der Waals surface area (Å²) < 4.78 is 5.24. The number of hydrogen-bond acceptors (Lipinski definition) is 5. The van der Waals surface area contributed by atoms with Gasteiger partial charge in [-0.2, -0.15) is 0 Å². The van der Waals surface area contributed by atoms with Crippen molar-refractivity contribution in [2.75, 3.05) is 5.32 Å². The van der Waals surface area contributed by atoms with Gasteiger partial charge in [-0.3, -0.25) is 9.59 Å². The normalized spacial score (nSPS) is 14.9. The molecule has 4 N–H and O–H groups in total. The number of aromatic hydroxyl groups is 2. The van der Waals surface area contributed by atoms with Crippen LogP contribution in [0.15, 0.2) is 24.3 Å². The first kappa shape index (κ1) is 22.7. The maximum atomic E-state index is 12.6. The van der Waals surface area contributed by atoms with Crippen LogP contribution in [0.4, 0.5) is 5.69 Å². The predicted octanol–water partition coefficient (Wildman–Crippen LogP) is 5.00. The van der Waals surface area contributed by atoms with Crippen molar-refractivity contribution in [3.63, 3.8) is 0 Å². The molecule has 0 radical (unpaired) electrons. The smallest absolute Gasteiger partial charge is 0.306 e. The highest BCUT2D eigenvalue weighted by molar-refractivity contribution is 6.08. The van der Waals surface area contributed by atoms with Crippen LogP contribution in [0.25, 0.3) is 0 Å². The molecule has 1 aromatic carbocycles. The summed E-state index contributed by atoms with van der Waals surface area (Å²) in [6.45, 7) is 5.31. The van der Waals surface area contributed by atoms with Crippen LogP contribution < -0.4 is 5.32 Å². The number of aromatic amines is 1. The monoisotopic (exact) mass is 428 g/mol. The van der Waals surface area contributed by atoms with E-state index >= 15 is 0 Å². The van der Waals surface area contributed by atoms with Gasteiger partial charge in [0.15, 0.2) is 5.75 Å². The number of carbonyl (C=O) groups excluding carboxylic acids is 2. The van der Waals surface area contributed by atoms with E-state index in [1.807, 2.05) is 24.3 Å². The molecule has 7 heteroatoms. The highest BCUT2D eigenvalue weighted by Crippen LogP contribution is 2.34. The van der Waals surface area contributed by atoms with Crippen molar-refractivity contribution in [1.82, 2.24) is 4.98 Å². The first-order valence-corrected chi connectivity index (χ1v) is 10.9. The Morgan fingerprint density at radius 1 is 1.10 bits per heavy atom. The van der Waals surface area contributed by atoms with Crippen LogP contribution in [0, 0.1) is 0 Å². The maximum Gasteiger partial charge on any atom is 0.306 e. The molecule has 1 aromatic heterocycles. The second-order valence-corrected chi connectivity index (χ2v) is 9.17. The first-order chi connectivity index (χ1) is 14.6. The average Bonchev–Trinajstić information content (AvgIpc) is 2.99. The van der Waals surface area contributed by atoms with Gasteiger partial charge in [-0.15, -0.1) is 0 Å². The van der Waals surface area contributed by atoms with Crippen LogP contribution in [0.3, 0.4) is 0 Å². The SMILES string of the molecule is CC(C)(C)OC(=O)CCc1[nH]c(O)c(C(=O)Nc2ccc(C3CCCCC3)cc2)c1O. The molecular formula is C24H32N2O5. The van der Waals surface area contributed by atoms with E-state index in [1.165, 1.54) is 37.7 Å². The van der Waals surface area contributed by atoms with Gasteiger partial charge in [0.05, 0.1) is 12.1 Å². The number of H-pyrrole nitrogens is 1. The number of amides is 1. The minimum atomic E-state index is -0.625. The van der Waals surface area contributed by atoms with E-state index in [4.69, 9.17) is 4.74 Å². The molecule has 2 aromatic rings. The van der Waals surface area contributed by atoms with Gasteiger partial charge in [-0.1, -0.05) is 31.4 Å². The van der Waals surface area contributed by atoms with E-state index in [1.54, 1.807) is 20.8 Å². The van der Waals surface area contributed by atoms with Gasteiger partial charge in [-0.25, -0.2) is 0 Å². The minimum absolute atomic E-state index is 0.00840. The van der Waals surface area contributed by atoms with E-state index in [2.05, 4.69) is 10.3 Å². The highest BCUT2D eigenvalue weighted by atomic mass is 16.6. The molecule has 7 nitrogen and oxygen atoms in total. The van der Waals surface area contributed by atoms with Gasteiger partial charge in [0.25, 0.3) is 5.91 Å². The molecule has 168 valence electrons. The summed E-state index contributed by atoms with van der Waals surface area (Å²) in [5.74, 6) is -1.28. The number of esters is 1. The van der Waals surface area contributed by atoms with Crippen molar-refractivity contribution >= 4 is 17.6 Å². The summed E-state index contributed by atoms with van der Waals surface area (Å²) in [7, 11) is 0. The Labute approximate surface area is 182 Å². The number of hydrogen-bond donors (Lipinski definition) is 4. The lowest BCUT2D eigenvalue weighted by Gasteiger charge is -2.22. The number of aryl methyl sites for hydroxylation is 1. The van der Waals surface area contributed by atoms with Gasteiger partial charge in [-0.05, 0) is 57.2 Å². The van der Waals surface area contributed by atoms with Crippen molar-refractivity contribution in [2.45, 2.75) is 77.2 Å². The number of nitrogens with one attached hydrogen (secondary N) is 2. The molecule has 0 atom stereocenters. The van der Waals surface area contributed by atoms with Crippen molar-refractivity contribution in [3.05, 3.63) is 41.1 Å². The van der Waals surface area contributed by atoms with Crippen molar-refractivity contribution < 1.29 is 24.5 Å². The van der Waals surface area contributed by atoms with Crippen molar-refractivity contribution in [3.8, 4) is 11.6 Å². The minimum Gasteiger partial charge on any atom is -0.505 e. The summed E-state index contributed by atoms with van der Waals surface area (Å²) in [5, 5.41) is 23.3. The topological polar surface area (TPSA) is 112 Å². The molecule has 0 spiro atoms. The highest BCUT2D eigenvalue weighted by Gasteiger charge is 2.24. The molecular weight excluding hydrogens is 396 g/mol. The molecule has 3 rings (SSSR count). The number of carbonyl (C=O) groups is 2. The standard InChI is InChI=1S/C24H32N2O5/c1-24(2,3)31-19(27)14-13-18-21(28)20(23(30)26-18)22(29)25-17-11-9-16(10-12-17)15-7-5-4-6-8-15/h9-12,15,26,28,30H,4-8,13-14H2,1-3H3,(H,25,29). The van der Waals surface area contributed by atoms with E-state index < -0.39 is 23.4 Å². The summed E-state index contributed by atoms with van der Waals surface area (Å²) in [5.41, 5.74) is 1.22.